The van der Waals surface area contributed by atoms with E-state index in [1.54, 1.807) is 36.4 Å². The smallest absolute Gasteiger partial charge is 0.357 e. The number of Topliss-reactive ketones (excluding diaryl/α,β-unsaturated/α-hetero) is 1. The molecule has 0 aliphatic carbocycles. The molecule has 2 heterocycles. The highest BCUT2D eigenvalue weighted by Gasteiger charge is 2.70. The fourth-order valence-electron chi connectivity index (χ4n) is 4.55. The van der Waals surface area contributed by atoms with Gasteiger partial charge in [0, 0.05) is 11.1 Å². The average Bonchev–Trinajstić information content (AvgIpc) is 2.77. The zero-order valence-corrected chi connectivity index (χ0v) is 20.4. The number of aliphatic hydroxyl groups is 1. The van der Waals surface area contributed by atoms with Crippen LogP contribution in [-0.4, -0.2) is 16.7 Å². The van der Waals surface area contributed by atoms with Gasteiger partial charge in [-0.05, 0) is 34.6 Å². The van der Waals surface area contributed by atoms with Crippen molar-refractivity contribution in [2.75, 3.05) is 0 Å². The summed E-state index contributed by atoms with van der Waals surface area (Å²) in [6.07, 6.45) is 0. The molecule has 1 N–H and O–H groups in total. The Labute approximate surface area is 200 Å². The van der Waals surface area contributed by atoms with Gasteiger partial charge in [0.25, 0.3) is 0 Å². The molecule has 0 bridgehead atoms. The SMILES string of the molecule is CC(C)(C)c1cc2c(c(C(C)(C)C)c1)O[C@]1(O)C(=O)c3ccccc3O[C@]1(c1ccccc1)O2. The first kappa shape index (κ1) is 22.5. The van der Waals surface area contributed by atoms with Gasteiger partial charge in [-0.1, -0.05) is 90.1 Å². The largest absolute Gasteiger partial charge is 0.444 e. The van der Waals surface area contributed by atoms with Gasteiger partial charge in [-0.3, -0.25) is 4.79 Å². The number of hydrogen-bond donors (Lipinski definition) is 1. The molecule has 5 heteroatoms. The summed E-state index contributed by atoms with van der Waals surface area (Å²) in [5.74, 6) is -3.85. The van der Waals surface area contributed by atoms with Crippen molar-refractivity contribution in [2.45, 2.75) is 63.9 Å². The average molecular weight is 459 g/mol. The Morgan fingerprint density at radius 1 is 0.735 bits per heavy atom. The molecule has 0 saturated carbocycles. The maximum Gasteiger partial charge on any atom is 0.357 e. The third-order valence-electron chi connectivity index (χ3n) is 6.53. The van der Waals surface area contributed by atoms with Crippen molar-refractivity contribution in [3.8, 4) is 17.2 Å². The van der Waals surface area contributed by atoms with Crippen LogP contribution in [0.1, 0.15) is 68.6 Å². The fraction of sp³-hybridized carbons (Fsp3) is 0.345. The van der Waals surface area contributed by atoms with Crippen LogP contribution in [0.5, 0.6) is 17.2 Å². The zero-order chi connectivity index (χ0) is 24.5. The van der Waals surface area contributed by atoms with E-state index in [1.807, 2.05) is 24.3 Å². The van der Waals surface area contributed by atoms with Crippen molar-refractivity contribution in [1.29, 1.82) is 0 Å². The Balaban J connectivity index is 1.82. The van der Waals surface area contributed by atoms with E-state index in [1.165, 1.54) is 0 Å². The molecule has 3 aromatic carbocycles. The first-order chi connectivity index (χ1) is 15.9. The first-order valence-electron chi connectivity index (χ1n) is 11.5. The molecule has 34 heavy (non-hydrogen) atoms. The summed E-state index contributed by atoms with van der Waals surface area (Å²) in [4.78, 5) is 13.8. The summed E-state index contributed by atoms with van der Waals surface area (Å²) >= 11 is 0. The van der Waals surface area contributed by atoms with Gasteiger partial charge >= 0.3 is 11.6 Å². The number of para-hydroxylation sites is 1. The number of carbonyl (C=O) groups excluding carboxylic acids is 1. The lowest BCUT2D eigenvalue weighted by atomic mass is 9.79. The third-order valence-corrected chi connectivity index (χ3v) is 6.53. The van der Waals surface area contributed by atoms with Crippen LogP contribution in [0.15, 0.2) is 66.7 Å². The van der Waals surface area contributed by atoms with Crippen LogP contribution in [0.25, 0.3) is 0 Å². The number of ether oxygens (including phenoxy) is 3. The van der Waals surface area contributed by atoms with Gasteiger partial charge in [0.2, 0.25) is 5.78 Å². The van der Waals surface area contributed by atoms with Crippen molar-refractivity contribution in [2.24, 2.45) is 0 Å². The minimum Gasteiger partial charge on any atom is -0.444 e. The molecule has 0 spiro atoms. The molecule has 0 amide bonds. The molecule has 2 atom stereocenters. The summed E-state index contributed by atoms with van der Waals surface area (Å²) < 4.78 is 19.3. The van der Waals surface area contributed by atoms with Crippen LogP contribution < -0.4 is 14.2 Å². The monoisotopic (exact) mass is 458 g/mol. The first-order valence-corrected chi connectivity index (χ1v) is 11.5. The summed E-state index contributed by atoms with van der Waals surface area (Å²) in [6, 6.07) is 19.8. The second kappa shape index (κ2) is 7.09. The molecule has 2 aliphatic rings. The maximum absolute atomic E-state index is 13.8. The van der Waals surface area contributed by atoms with Gasteiger partial charge in [-0.15, -0.1) is 0 Å². The van der Waals surface area contributed by atoms with E-state index in [-0.39, 0.29) is 16.4 Å². The van der Waals surface area contributed by atoms with E-state index >= 15 is 0 Å². The van der Waals surface area contributed by atoms with E-state index in [0.29, 0.717) is 22.8 Å². The molecular weight excluding hydrogens is 428 g/mol. The van der Waals surface area contributed by atoms with Crippen molar-refractivity contribution >= 4 is 5.78 Å². The van der Waals surface area contributed by atoms with Crippen molar-refractivity contribution in [3.05, 3.63) is 89.0 Å². The Kier molecular flexibility index (Phi) is 4.69. The van der Waals surface area contributed by atoms with Crippen molar-refractivity contribution in [1.82, 2.24) is 0 Å². The second-order valence-electron chi connectivity index (χ2n) is 11.1. The van der Waals surface area contributed by atoms with Gasteiger partial charge < -0.3 is 19.3 Å². The normalized spacial score (nSPS) is 23.6. The van der Waals surface area contributed by atoms with Crippen LogP contribution >= 0.6 is 0 Å². The second-order valence-corrected chi connectivity index (χ2v) is 11.1. The van der Waals surface area contributed by atoms with E-state index in [9.17, 15) is 9.90 Å². The summed E-state index contributed by atoms with van der Waals surface area (Å²) in [6.45, 7) is 12.6. The number of ketones is 1. The minimum absolute atomic E-state index is 0.165. The summed E-state index contributed by atoms with van der Waals surface area (Å²) in [5, 5.41) is 12.1. The maximum atomic E-state index is 13.8. The lowest BCUT2D eigenvalue weighted by molar-refractivity contribution is -0.316. The zero-order valence-electron chi connectivity index (χ0n) is 20.4. The predicted molar refractivity (Wildman–Crippen MR) is 130 cm³/mol. The molecule has 0 radical (unpaired) electrons. The van der Waals surface area contributed by atoms with Crippen LogP contribution in [0.2, 0.25) is 0 Å². The number of hydrogen-bond acceptors (Lipinski definition) is 5. The minimum atomic E-state index is -2.43. The molecule has 2 aliphatic heterocycles. The number of benzene rings is 3. The molecule has 176 valence electrons. The summed E-state index contributed by atoms with van der Waals surface area (Å²) in [5.41, 5.74) is 2.11. The molecule has 0 aromatic heterocycles. The molecule has 0 fully saturated rings. The molecule has 5 rings (SSSR count). The Bertz CT molecular complexity index is 1280. The topological polar surface area (TPSA) is 65.0 Å². The fourth-order valence-corrected chi connectivity index (χ4v) is 4.55. The highest BCUT2D eigenvalue weighted by atomic mass is 16.8. The van der Waals surface area contributed by atoms with E-state index in [2.05, 4.69) is 47.6 Å². The number of fused-ring (bicyclic) bond motifs is 3. The van der Waals surface area contributed by atoms with Crippen LogP contribution in [-0.2, 0) is 16.6 Å². The van der Waals surface area contributed by atoms with Crippen LogP contribution in [0.3, 0.4) is 0 Å². The van der Waals surface area contributed by atoms with Gasteiger partial charge in [-0.2, -0.15) is 0 Å². The molecule has 0 unspecified atom stereocenters. The number of carbonyl (C=O) groups is 1. The van der Waals surface area contributed by atoms with Crippen molar-refractivity contribution < 1.29 is 24.1 Å². The molecule has 3 aromatic rings. The molecule has 0 saturated heterocycles. The van der Waals surface area contributed by atoms with Crippen molar-refractivity contribution in [3.63, 3.8) is 0 Å². The van der Waals surface area contributed by atoms with E-state index in [0.717, 1.165) is 11.1 Å². The Hall–Kier alpha value is -3.31. The van der Waals surface area contributed by atoms with Gasteiger partial charge in [-0.25, -0.2) is 0 Å². The van der Waals surface area contributed by atoms with E-state index < -0.39 is 17.4 Å². The van der Waals surface area contributed by atoms with Gasteiger partial charge in [0.05, 0.1) is 5.56 Å². The molecule has 5 nitrogen and oxygen atoms in total. The van der Waals surface area contributed by atoms with Crippen LogP contribution in [0, 0.1) is 0 Å². The standard InChI is InChI=1S/C29H30O5/c1-26(2,3)19-16-21(27(4,5)6)24-23(17-19)33-29(18-12-8-7-9-13-18)28(31,34-24)25(30)20-14-10-11-15-22(20)32-29/h7-17,31H,1-6H3/t28-,29-/m1/s1. The molecular formula is C29H30O5. The highest BCUT2D eigenvalue weighted by Crippen LogP contribution is 2.55. The lowest BCUT2D eigenvalue weighted by Crippen LogP contribution is -2.70. The predicted octanol–water partition coefficient (Wildman–Crippen LogP) is 5.87. The van der Waals surface area contributed by atoms with Gasteiger partial charge in [0.15, 0.2) is 11.5 Å². The van der Waals surface area contributed by atoms with E-state index in [4.69, 9.17) is 14.2 Å². The number of rotatable bonds is 1. The Morgan fingerprint density at radius 3 is 2.00 bits per heavy atom. The summed E-state index contributed by atoms with van der Waals surface area (Å²) in [7, 11) is 0. The third kappa shape index (κ3) is 3.14. The highest BCUT2D eigenvalue weighted by molar-refractivity contribution is 6.06. The van der Waals surface area contributed by atoms with Gasteiger partial charge in [0.1, 0.15) is 5.75 Å². The Morgan fingerprint density at radius 2 is 1.35 bits per heavy atom. The quantitative estimate of drug-likeness (QED) is 0.494. The van der Waals surface area contributed by atoms with Crippen LogP contribution in [0.4, 0.5) is 0 Å². The lowest BCUT2D eigenvalue weighted by Gasteiger charge is -2.50.